The van der Waals surface area contributed by atoms with Crippen LogP contribution in [-0.2, 0) is 7.05 Å². The number of phenolic OH excluding ortho intramolecular Hbond substituents is 1. The number of nitrogens with zero attached hydrogens (tertiary/aromatic N) is 2. The molecule has 3 aromatic rings. The van der Waals surface area contributed by atoms with Gasteiger partial charge in [0, 0.05) is 24.4 Å². The van der Waals surface area contributed by atoms with Crippen molar-refractivity contribution in [2.24, 2.45) is 7.05 Å². The first-order chi connectivity index (χ1) is 9.25. The molecule has 0 radical (unpaired) electrons. The molecule has 0 spiro atoms. The van der Waals surface area contributed by atoms with Gasteiger partial charge >= 0.3 is 0 Å². The SMILES string of the molecule is Cn1cc(-c2ccccc2)c(-c2ccccc2O)n1. The minimum absolute atomic E-state index is 0.249. The molecule has 0 unspecified atom stereocenters. The molecular formula is C16H14N2O. The molecule has 1 N–H and O–H groups in total. The number of aromatic hydroxyl groups is 1. The van der Waals surface area contributed by atoms with Crippen LogP contribution >= 0.6 is 0 Å². The maximum atomic E-state index is 10.00. The van der Waals surface area contributed by atoms with Crippen molar-refractivity contribution in [1.82, 2.24) is 9.78 Å². The van der Waals surface area contributed by atoms with Crippen LogP contribution in [0.5, 0.6) is 5.75 Å². The summed E-state index contributed by atoms with van der Waals surface area (Å²) in [5.41, 5.74) is 3.66. The Labute approximate surface area is 111 Å². The summed E-state index contributed by atoms with van der Waals surface area (Å²) >= 11 is 0. The fraction of sp³-hybridized carbons (Fsp3) is 0.0625. The predicted molar refractivity (Wildman–Crippen MR) is 75.7 cm³/mol. The Kier molecular flexibility index (Phi) is 2.80. The smallest absolute Gasteiger partial charge is 0.125 e. The van der Waals surface area contributed by atoms with Crippen LogP contribution in [0.2, 0.25) is 0 Å². The van der Waals surface area contributed by atoms with Gasteiger partial charge in [-0.3, -0.25) is 4.68 Å². The van der Waals surface area contributed by atoms with Gasteiger partial charge in [-0.25, -0.2) is 0 Å². The monoisotopic (exact) mass is 250 g/mol. The predicted octanol–water partition coefficient (Wildman–Crippen LogP) is 3.46. The average Bonchev–Trinajstić information content (AvgIpc) is 2.82. The van der Waals surface area contributed by atoms with E-state index in [1.54, 1.807) is 10.7 Å². The zero-order valence-electron chi connectivity index (χ0n) is 10.6. The van der Waals surface area contributed by atoms with E-state index in [9.17, 15) is 5.11 Å². The first kappa shape index (κ1) is 11.5. The molecule has 0 aliphatic carbocycles. The van der Waals surface area contributed by atoms with Crippen molar-refractivity contribution in [3.63, 3.8) is 0 Å². The molecule has 19 heavy (non-hydrogen) atoms. The number of aryl methyl sites for hydroxylation is 1. The molecule has 0 aliphatic heterocycles. The summed E-state index contributed by atoms with van der Waals surface area (Å²) in [7, 11) is 1.88. The average molecular weight is 250 g/mol. The van der Waals surface area contributed by atoms with Crippen LogP contribution in [0.1, 0.15) is 0 Å². The van der Waals surface area contributed by atoms with Gasteiger partial charge in [-0.1, -0.05) is 42.5 Å². The highest BCUT2D eigenvalue weighted by Crippen LogP contribution is 2.35. The van der Waals surface area contributed by atoms with Crippen LogP contribution in [0.4, 0.5) is 0 Å². The maximum Gasteiger partial charge on any atom is 0.125 e. The van der Waals surface area contributed by atoms with Crippen molar-refractivity contribution in [1.29, 1.82) is 0 Å². The second kappa shape index (κ2) is 4.61. The molecule has 0 aliphatic rings. The van der Waals surface area contributed by atoms with Gasteiger partial charge in [-0.2, -0.15) is 5.10 Å². The Balaban J connectivity index is 2.21. The molecule has 1 aromatic heterocycles. The van der Waals surface area contributed by atoms with Crippen molar-refractivity contribution in [2.45, 2.75) is 0 Å². The summed E-state index contributed by atoms with van der Waals surface area (Å²) < 4.78 is 1.77. The zero-order chi connectivity index (χ0) is 13.2. The summed E-state index contributed by atoms with van der Waals surface area (Å²) in [6, 6.07) is 17.3. The lowest BCUT2D eigenvalue weighted by Gasteiger charge is -2.04. The lowest BCUT2D eigenvalue weighted by Crippen LogP contribution is -1.88. The summed E-state index contributed by atoms with van der Waals surface area (Å²) in [5.74, 6) is 0.249. The molecule has 0 amide bonds. The Bertz CT molecular complexity index is 702. The third kappa shape index (κ3) is 2.10. The lowest BCUT2D eigenvalue weighted by atomic mass is 10.0. The number of aromatic nitrogens is 2. The largest absolute Gasteiger partial charge is 0.507 e. The molecule has 1 heterocycles. The molecule has 2 aromatic carbocycles. The van der Waals surface area contributed by atoms with Crippen LogP contribution in [0, 0.1) is 0 Å². The van der Waals surface area contributed by atoms with E-state index >= 15 is 0 Å². The highest BCUT2D eigenvalue weighted by molar-refractivity contribution is 5.82. The summed E-state index contributed by atoms with van der Waals surface area (Å²) in [6.45, 7) is 0. The fourth-order valence-electron chi connectivity index (χ4n) is 2.19. The topological polar surface area (TPSA) is 38.0 Å². The van der Waals surface area contributed by atoms with E-state index in [2.05, 4.69) is 5.10 Å². The highest BCUT2D eigenvalue weighted by atomic mass is 16.3. The van der Waals surface area contributed by atoms with Crippen LogP contribution in [-0.4, -0.2) is 14.9 Å². The van der Waals surface area contributed by atoms with E-state index in [-0.39, 0.29) is 5.75 Å². The molecule has 3 rings (SSSR count). The summed E-state index contributed by atoms with van der Waals surface area (Å²) in [6.07, 6.45) is 1.97. The minimum Gasteiger partial charge on any atom is -0.507 e. The number of rotatable bonds is 2. The molecular weight excluding hydrogens is 236 g/mol. The molecule has 94 valence electrons. The van der Waals surface area contributed by atoms with Gasteiger partial charge in [0.1, 0.15) is 11.4 Å². The van der Waals surface area contributed by atoms with Crippen molar-refractivity contribution >= 4 is 0 Å². The second-order valence-corrected chi connectivity index (χ2v) is 4.45. The van der Waals surface area contributed by atoms with E-state index in [4.69, 9.17) is 0 Å². The standard InChI is InChI=1S/C16H14N2O/c1-18-11-14(12-7-3-2-4-8-12)16(17-18)13-9-5-6-10-15(13)19/h2-11,19H,1H3. The second-order valence-electron chi connectivity index (χ2n) is 4.45. The van der Waals surface area contributed by atoms with Crippen LogP contribution in [0.25, 0.3) is 22.4 Å². The van der Waals surface area contributed by atoms with Gasteiger partial charge in [0.2, 0.25) is 0 Å². The highest BCUT2D eigenvalue weighted by Gasteiger charge is 2.14. The molecule has 3 heteroatoms. The molecule has 0 atom stereocenters. The van der Waals surface area contributed by atoms with Crippen LogP contribution in [0.15, 0.2) is 60.8 Å². The minimum atomic E-state index is 0.249. The van der Waals surface area contributed by atoms with E-state index in [1.165, 1.54) is 0 Å². The van der Waals surface area contributed by atoms with Crippen molar-refractivity contribution in [3.05, 3.63) is 60.8 Å². The molecule has 0 fully saturated rings. The Morgan fingerprint density at radius 1 is 0.895 bits per heavy atom. The van der Waals surface area contributed by atoms with Gasteiger partial charge in [-0.15, -0.1) is 0 Å². The Morgan fingerprint density at radius 2 is 1.58 bits per heavy atom. The normalized spacial score (nSPS) is 10.6. The van der Waals surface area contributed by atoms with E-state index < -0.39 is 0 Å². The van der Waals surface area contributed by atoms with Gasteiger partial charge < -0.3 is 5.11 Å². The number of para-hydroxylation sites is 1. The summed E-state index contributed by atoms with van der Waals surface area (Å²) in [5, 5.41) is 14.5. The van der Waals surface area contributed by atoms with Gasteiger partial charge in [0.25, 0.3) is 0 Å². The van der Waals surface area contributed by atoms with E-state index in [0.29, 0.717) is 0 Å². The Hall–Kier alpha value is -2.55. The number of phenols is 1. The van der Waals surface area contributed by atoms with E-state index in [1.807, 2.05) is 61.8 Å². The number of hydrogen-bond acceptors (Lipinski definition) is 2. The van der Waals surface area contributed by atoms with E-state index in [0.717, 1.165) is 22.4 Å². The fourth-order valence-corrected chi connectivity index (χ4v) is 2.19. The number of hydrogen-bond donors (Lipinski definition) is 1. The molecule has 3 nitrogen and oxygen atoms in total. The Morgan fingerprint density at radius 3 is 2.32 bits per heavy atom. The third-order valence-corrected chi connectivity index (χ3v) is 3.07. The quantitative estimate of drug-likeness (QED) is 0.756. The molecule has 0 saturated carbocycles. The molecule has 0 bridgehead atoms. The number of benzene rings is 2. The van der Waals surface area contributed by atoms with Crippen LogP contribution < -0.4 is 0 Å². The first-order valence-corrected chi connectivity index (χ1v) is 6.13. The van der Waals surface area contributed by atoms with Gasteiger partial charge in [0.15, 0.2) is 0 Å². The van der Waals surface area contributed by atoms with Crippen molar-refractivity contribution < 1.29 is 5.11 Å². The lowest BCUT2D eigenvalue weighted by molar-refractivity contribution is 0.477. The van der Waals surface area contributed by atoms with Crippen LogP contribution in [0.3, 0.4) is 0 Å². The van der Waals surface area contributed by atoms with Gasteiger partial charge in [-0.05, 0) is 17.7 Å². The summed E-state index contributed by atoms with van der Waals surface area (Å²) in [4.78, 5) is 0. The first-order valence-electron chi connectivity index (χ1n) is 6.13. The maximum absolute atomic E-state index is 10.00. The van der Waals surface area contributed by atoms with Crippen molar-refractivity contribution in [2.75, 3.05) is 0 Å². The zero-order valence-corrected chi connectivity index (χ0v) is 10.6. The van der Waals surface area contributed by atoms with Gasteiger partial charge in [0.05, 0.1) is 0 Å². The molecule has 0 saturated heterocycles. The van der Waals surface area contributed by atoms with Crippen molar-refractivity contribution in [3.8, 4) is 28.1 Å². The third-order valence-electron chi connectivity index (χ3n) is 3.07.